The zero-order valence-corrected chi connectivity index (χ0v) is 32.7. The van der Waals surface area contributed by atoms with Crippen LogP contribution in [-0.2, 0) is 20.9 Å². The van der Waals surface area contributed by atoms with Crippen LogP contribution in [0.5, 0.6) is 5.88 Å². The van der Waals surface area contributed by atoms with Crippen molar-refractivity contribution in [3.8, 4) is 17.0 Å². The SMILES string of the molecule is Cc1c(-c2ccc3cnc(Nc4ccn(CC5CCN(C(=O)CN6CCC(c7ccc(NC8CCC(=O)NC8=O)cc7)CC6)CC5)n4)nc3c2)cnc2c1NCCO2. The second-order valence-electron chi connectivity index (χ2n) is 15.9. The number of aromatic nitrogens is 5. The molecule has 4 N–H and O–H groups in total. The van der Waals surface area contributed by atoms with Gasteiger partial charge in [0.25, 0.3) is 0 Å². The Hall–Kier alpha value is -6.09. The third kappa shape index (κ3) is 8.30. The largest absolute Gasteiger partial charge is 0.474 e. The Bertz CT molecular complexity index is 2310. The second-order valence-corrected chi connectivity index (χ2v) is 15.9. The molecule has 15 nitrogen and oxygen atoms in total. The van der Waals surface area contributed by atoms with Crippen LogP contribution in [0, 0.1) is 12.8 Å². The van der Waals surface area contributed by atoms with Crippen molar-refractivity contribution in [2.24, 2.45) is 5.92 Å². The number of hydrogen-bond donors (Lipinski definition) is 4. The van der Waals surface area contributed by atoms with Gasteiger partial charge in [-0.25, -0.2) is 15.0 Å². The molecule has 5 aromatic rings. The molecule has 300 valence electrons. The Morgan fingerprint density at radius 3 is 2.59 bits per heavy atom. The summed E-state index contributed by atoms with van der Waals surface area (Å²) >= 11 is 0. The molecule has 7 heterocycles. The van der Waals surface area contributed by atoms with Gasteiger partial charge in [-0.2, -0.15) is 5.10 Å². The molecular weight excluding hydrogens is 735 g/mol. The van der Waals surface area contributed by atoms with Gasteiger partial charge in [-0.05, 0) is 98.8 Å². The maximum absolute atomic E-state index is 13.3. The molecule has 1 atom stereocenters. The fraction of sp³-hybridized carbons (Fsp3) is 0.419. The van der Waals surface area contributed by atoms with Gasteiger partial charge in [0.1, 0.15) is 18.3 Å². The van der Waals surface area contributed by atoms with Crippen molar-refractivity contribution in [2.45, 2.75) is 64.0 Å². The molecule has 4 aliphatic heterocycles. The summed E-state index contributed by atoms with van der Waals surface area (Å²) in [6, 6.07) is 16.0. The number of hydrogen-bond acceptors (Lipinski definition) is 12. The van der Waals surface area contributed by atoms with Crippen molar-refractivity contribution in [2.75, 3.05) is 61.8 Å². The Kier molecular flexibility index (Phi) is 10.6. The minimum Gasteiger partial charge on any atom is -0.474 e. The molecule has 0 radical (unpaired) electrons. The van der Waals surface area contributed by atoms with Crippen molar-refractivity contribution in [1.82, 2.24) is 39.8 Å². The summed E-state index contributed by atoms with van der Waals surface area (Å²) in [5, 5.41) is 18.1. The molecule has 1 unspecified atom stereocenters. The number of fused-ring (bicyclic) bond motifs is 2. The first-order valence-electron chi connectivity index (χ1n) is 20.5. The fourth-order valence-corrected chi connectivity index (χ4v) is 8.64. The number of likely N-dealkylation sites (tertiary alicyclic amines) is 2. The molecule has 4 aliphatic rings. The van der Waals surface area contributed by atoms with Gasteiger partial charge in [-0.15, -0.1) is 0 Å². The number of ether oxygens (including phenoxy) is 1. The molecule has 0 aliphatic carbocycles. The van der Waals surface area contributed by atoms with E-state index in [-0.39, 0.29) is 23.8 Å². The molecule has 0 bridgehead atoms. The van der Waals surface area contributed by atoms with E-state index in [4.69, 9.17) is 14.8 Å². The summed E-state index contributed by atoms with van der Waals surface area (Å²) in [7, 11) is 0. The Balaban J connectivity index is 0.720. The van der Waals surface area contributed by atoms with E-state index in [0.717, 1.165) is 104 Å². The quantitative estimate of drug-likeness (QED) is 0.139. The smallest absolute Gasteiger partial charge is 0.249 e. The van der Waals surface area contributed by atoms with Gasteiger partial charge < -0.3 is 25.6 Å². The molecular formula is C43H49N11O4. The normalized spacial score (nSPS) is 19.3. The number of anilines is 4. The Morgan fingerprint density at radius 1 is 0.948 bits per heavy atom. The summed E-state index contributed by atoms with van der Waals surface area (Å²) < 4.78 is 7.68. The second kappa shape index (κ2) is 16.4. The van der Waals surface area contributed by atoms with Crippen molar-refractivity contribution in [1.29, 1.82) is 0 Å². The fourth-order valence-electron chi connectivity index (χ4n) is 8.64. The summed E-state index contributed by atoms with van der Waals surface area (Å²) in [5.41, 5.74) is 7.07. The zero-order valence-electron chi connectivity index (χ0n) is 32.7. The van der Waals surface area contributed by atoms with Gasteiger partial charge in [0.05, 0.1) is 12.1 Å². The van der Waals surface area contributed by atoms with Crippen molar-refractivity contribution in [3.05, 3.63) is 78.2 Å². The molecule has 9 rings (SSSR count). The number of nitrogens with zero attached hydrogens (tertiary/aromatic N) is 7. The van der Waals surface area contributed by atoms with Crippen LogP contribution in [0.2, 0.25) is 0 Å². The van der Waals surface area contributed by atoms with Crippen molar-refractivity contribution in [3.63, 3.8) is 0 Å². The highest BCUT2D eigenvalue weighted by molar-refractivity contribution is 6.01. The predicted octanol–water partition coefficient (Wildman–Crippen LogP) is 5.08. The molecule has 3 saturated heterocycles. The lowest BCUT2D eigenvalue weighted by molar-refractivity contribution is -0.135. The molecule has 58 heavy (non-hydrogen) atoms. The number of carbonyl (C=O) groups excluding carboxylic acids is 3. The molecule has 3 amide bonds. The maximum atomic E-state index is 13.3. The number of piperidine rings is 3. The average molecular weight is 784 g/mol. The van der Waals surface area contributed by atoms with Crippen LogP contribution in [0.1, 0.15) is 55.6 Å². The van der Waals surface area contributed by atoms with Crippen LogP contribution in [0.4, 0.5) is 23.1 Å². The third-order valence-corrected chi connectivity index (χ3v) is 12.0. The Morgan fingerprint density at radius 2 is 1.78 bits per heavy atom. The highest BCUT2D eigenvalue weighted by Crippen LogP contribution is 2.36. The summed E-state index contributed by atoms with van der Waals surface area (Å²) in [5.74, 6) is 2.44. The summed E-state index contributed by atoms with van der Waals surface area (Å²) in [6.45, 7) is 8.03. The predicted molar refractivity (Wildman–Crippen MR) is 221 cm³/mol. The maximum Gasteiger partial charge on any atom is 0.249 e. The lowest BCUT2D eigenvalue weighted by Crippen LogP contribution is -2.47. The van der Waals surface area contributed by atoms with Crippen LogP contribution < -0.4 is 26.0 Å². The van der Waals surface area contributed by atoms with Crippen LogP contribution in [-0.4, -0.2) is 104 Å². The van der Waals surface area contributed by atoms with Crippen LogP contribution in [0.3, 0.4) is 0 Å². The van der Waals surface area contributed by atoms with Gasteiger partial charge in [-0.1, -0.05) is 24.3 Å². The summed E-state index contributed by atoms with van der Waals surface area (Å²) in [4.78, 5) is 55.1. The van der Waals surface area contributed by atoms with E-state index in [1.54, 1.807) is 0 Å². The summed E-state index contributed by atoms with van der Waals surface area (Å²) in [6.07, 6.45) is 10.4. The monoisotopic (exact) mass is 783 g/mol. The number of pyridine rings is 1. The average Bonchev–Trinajstić information content (AvgIpc) is 3.68. The van der Waals surface area contributed by atoms with Crippen molar-refractivity contribution >= 4 is 51.8 Å². The van der Waals surface area contributed by atoms with Gasteiger partial charge in [0.15, 0.2) is 5.82 Å². The first-order valence-corrected chi connectivity index (χ1v) is 20.5. The number of nitrogens with one attached hydrogen (secondary N) is 4. The van der Waals surface area contributed by atoms with Gasteiger partial charge in [0, 0.05) is 73.9 Å². The highest BCUT2D eigenvalue weighted by Gasteiger charge is 2.29. The molecule has 3 aromatic heterocycles. The lowest BCUT2D eigenvalue weighted by atomic mass is 9.89. The van der Waals surface area contributed by atoms with E-state index in [9.17, 15) is 14.4 Å². The van der Waals surface area contributed by atoms with Crippen LogP contribution in [0.25, 0.3) is 22.0 Å². The highest BCUT2D eigenvalue weighted by atomic mass is 16.5. The topological polar surface area (TPSA) is 172 Å². The van der Waals surface area contributed by atoms with Crippen LogP contribution >= 0.6 is 0 Å². The minimum absolute atomic E-state index is 0.212. The number of imide groups is 1. The van der Waals surface area contributed by atoms with E-state index in [1.165, 1.54) is 5.56 Å². The van der Waals surface area contributed by atoms with E-state index >= 15 is 0 Å². The minimum atomic E-state index is -0.388. The van der Waals surface area contributed by atoms with Gasteiger partial charge in [0.2, 0.25) is 29.5 Å². The molecule has 0 saturated carbocycles. The number of benzene rings is 2. The van der Waals surface area contributed by atoms with E-state index in [2.05, 4.69) is 67.3 Å². The molecule has 0 spiro atoms. The lowest BCUT2D eigenvalue weighted by Gasteiger charge is -2.36. The van der Waals surface area contributed by atoms with Crippen LogP contribution in [0.15, 0.2) is 67.1 Å². The van der Waals surface area contributed by atoms with E-state index in [0.29, 0.717) is 55.5 Å². The van der Waals surface area contributed by atoms with Crippen molar-refractivity contribution < 1.29 is 19.1 Å². The number of rotatable bonds is 10. The van der Waals surface area contributed by atoms with E-state index < -0.39 is 0 Å². The molecule has 2 aromatic carbocycles. The Labute approximate surface area is 337 Å². The first-order chi connectivity index (χ1) is 28.3. The molecule has 3 fully saturated rings. The first kappa shape index (κ1) is 37.5. The molecule has 15 heteroatoms. The number of amides is 3. The van der Waals surface area contributed by atoms with E-state index in [1.807, 2.05) is 52.4 Å². The van der Waals surface area contributed by atoms with Gasteiger partial charge >= 0.3 is 0 Å². The van der Waals surface area contributed by atoms with Gasteiger partial charge in [-0.3, -0.25) is 29.3 Å². The standard InChI is InChI=1S/C43H49N11O4/c1-27-34(24-45-42-40(27)44-15-21-58-42)31-2-3-32-23-46-43(48-36(32)22-31)49-37-14-20-54(51-37)25-28-10-18-53(19-11-28)39(56)26-52-16-12-30(13-17-52)29-4-6-33(7-5-29)47-35-8-9-38(55)50-41(35)57/h2-7,14,20,22-24,28,30,35,44,47H,8-13,15-19,21,25-26H2,1H3,(H,50,55,57)(H,46,48,49,51). The number of carbonyl (C=O) groups is 3. The third-order valence-electron chi connectivity index (χ3n) is 12.0. The zero-order chi connectivity index (χ0) is 39.6.